The number of sulfonamides is 1. The smallest absolute Gasteiger partial charge is 0.261 e. The first-order chi connectivity index (χ1) is 12.4. The van der Waals surface area contributed by atoms with Crippen molar-refractivity contribution in [2.75, 3.05) is 10.0 Å². The van der Waals surface area contributed by atoms with Gasteiger partial charge in [0.2, 0.25) is 5.91 Å². The van der Waals surface area contributed by atoms with E-state index >= 15 is 0 Å². The van der Waals surface area contributed by atoms with Crippen molar-refractivity contribution in [3.63, 3.8) is 0 Å². The van der Waals surface area contributed by atoms with Gasteiger partial charge in [0.15, 0.2) is 0 Å². The van der Waals surface area contributed by atoms with Crippen LogP contribution >= 0.6 is 0 Å². The van der Waals surface area contributed by atoms with Crippen LogP contribution < -0.4 is 10.0 Å². The molecular formula is C18H18N4O3S. The number of carbonyl (C=O) groups excluding carboxylic acids is 1. The van der Waals surface area contributed by atoms with E-state index in [0.717, 1.165) is 5.56 Å². The van der Waals surface area contributed by atoms with E-state index in [1.165, 1.54) is 37.4 Å². The van der Waals surface area contributed by atoms with E-state index in [1.54, 1.807) is 10.9 Å². The number of hydrogen-bond acceptors (Lipinski definition) is 4. The Labute approximate surface area is 151 Å². The molecule has 0 unspecified atom stereocenters. The van der Waals surface area contributed by atoms with Gasteiger partial charge >= 0.3 is 0 Å². The largest absolute Gasteiger partial charge is 0.326 e. The Hall–Kier alpha value is -3.13. The minimum atomic E-state index is -3.73. The van der Waals surface area contributed by atoms with Crippen molar-refractivity contribution in [2.45, 2.75) is 18.4 Å². The Morgan fingerprint density at radius 3 is 2.38 bits per heavy atom. The van der Waals surface area contributed by atoms with Gasteiger partial charge in [-0.3, -0.25) is 14.2 Å². The van der Waals surface area contributed by atoms with Crippen molar-refractivity contribution >= 4 is 27.3 Å². The highest BCUT2D eigenvalue weighted by molar-refractivity contribution is 7.92. The SMILES string of the molecule is CC(=O)Nc1ccc(S(=O)(=O)Nc2cnn(Cc3ccccc3)c2)cc1. The average Bonchev–Trinajstić information content (AvgIpc) is 3.02. The van der Waals surface area contributed by atoms with Gasteiger partial charge in [-0.05, 0) is 29.8 Å². The molecule has 1 heterocycles. The zero-order valence-electron chi connectivity index (χ0n) is 14.1. The zero-order chi connectivity index (χ0) is 18.6. The summed E-state index contributed by atoms with van der Waals surface area (Å²) in [5.41, 5.74) is 1.98. The van der Waals surface area contributed by atoms with Gasteiger partial charge < -0.3 is 5.32 Å². The second-order valence-electron chi connectivity index (χ2n) is 5.72. The monoisotopic (exact) mass is 370 g/mol. The third kappa shape index (κ3) is 4.48. The van der Waals surface area contributed by atoms with Crippen LogP contribution in [0.25, 0.3) is 0 Å². The summed E-state index contributed by atoms with van der Waals surface area (Å²) in [4.78, 5) is 11.1. The molecule has 0 atom stereocenters. The first-order valence-corrected chi connectivity index (χ1v) is 9.37. The van der Waals surface area contributed by atoms with Crippen LogP contribution in [0.2, 0.25) is 0 Å². The van der Waals surface area contributed by atoms with Crippen LogP contribution in [0.3, 0.4) is 0 Å². The van der Waals surface area contributed by atoms with E-state index < -0.39 is 10.0 Å². The number of nitrogens with zero attached hydrogens (tertiary/aromatic N) is 2. The van der Waals surface area contributed by atoms with Crippen LogP contribution in [-0.2, 0) is 21.4 Å². The molecule has 8 heteroatoms. The molecule has 0 aliphatic carbocycles. The minimum Gasteiger partial charge on any atom is -0.326 e. The van der Waals surface area contributed by atoms with Crippen molar-refractivity contribution in [3.8, 4) is 0 Å². The summed E-state index contributed by atoms with van der Waals surface area (Å²) < 4.78 is 29.1. The minimum absolute atomic E-state index is 0.0995. The number of amides is 1. The molecule has 0 aliphatic heterocycles. The number of hydrogen-bond donors (Lipinski definition) is 2. The second-order valence-corrected chi connectivity index (χ2v) is 7.41. The van der Waals surface area contributed by atoms with Gasteiger partial charge in [0, 0.05) is 18.8 Å². The summed E-state index contributed by atoms with van der Waals surface area (Å²) in [6.07, 6.45) is 3.10. The van der Waals surface area contributed by atoms with Gasteiger partial charge in [0.25, 0.3) is 10.0 Å². The molecule has 3 aromatic rings. The number of benzene rings is 2. The molecule has 0 saturated carbocycles. The zero-order valence-corrected chi connectivity index (χ0v) is 14.9. The van der Waals surface area contributed by atoms with Crippen LogP contribution in [0.1, 0.15) is 12.5 Å². The van der Waals surface area contributed by atoms with Gasteiger partial charge in [-0.15, -0.1) is 0 Å². The predicted octanol–water partition coefficient (Wildman–Crippen LogP) is 2.69. The van der Waals surface area contributed by atoms with E-state index in [1.807, 2.05) is 30.3 Å². The van der Waals surface area contributed by atoms with Gasteiger partial charge in [-0.2, -0.15) is 5.10 Å². The Bertz CT molecular complexity index is 996. The molecule has 1 aromatic heterocycles. The summed E-state index contributed by atoms with van der Waals surface area (Å²) in [6.45, 7) is 1.94. The van der Waals surface area contributed by atoms with Crippen LogP contribution in [-0.4, -0.2) is 24.1 Å². The van der Waals surface area contributed by atoms with Gasteiger partial charge in [-0.25, -0.2) is 8.42 Å². The Kier molecular flexibility index (Phi) is 5.04. The molecule has 0 spiro atoms. The number of aromatic nitrogens is 2. The van der Waals surface area contributed by atoms with Crippen molar-refractivity contribution in [1.82, 2.24) is 9.78 Å². The maximum atomic E-state index is 12.5. The quantitative estimate of drug-likeness (QED) is 0.698. The lowest BCUT2D eigenvalue weighted by atomic mass is 10.2. The molecule has 2 aromatic carbocycles. The highest BCUT2D eigenvalue weighted by Gasteiger charge is 2.15. The van der Waals surface area contributed by atoms with Gasteiger partial charge in [0.05, 0.1) is 23.3 Å². The number of anilines is 2. The maximum absolute atomic E-state index is 12.5. The fourth-order valence-corrected chi connectivity index (χ4v) is 3.44. The molecule has 0 fully saturated rings. The highest BCUT2D eigenvalue weighted by Crippen LogP contribution is 2.18. The van der Waals surface area contributed by atoms with Crippen molar-refractivity contribution < 1.29 is 13.2 Å². The average molecular weight is 370 g/mol. The topological polar surface area (TPSA) is 93.1 Å². The molecule has 2 N–H and O–H groups in total. The molecule has 0 aliphatic rings. The molecule has 1 amide bonds. The molecule has 134 valence electrons. The Balaban J connectivity index is 1.70. The fraction of sp³-hybridized carbons (Fsp3) is 0.111. The first-order valence-electron chi connectivity index (χ1n) is 7.89. The lowest BCUT2D eigenvalue weighted by molar-refractivity contribution is -0.114. The van der Waals surface area contributed by atoms with Crippen LogP contribution in [0.15, 0.2) is 71.9 Å². The predicted molar refractivity (Wildman–Crippen MR) is 99.3 cm³/mol. The summed E-state index contributed by atoms with van der Waals surface area (Å²) in [5, 5.41) is 6.77. The molecule has 0 radical (unpaired) electrons. The summed E-state index contributed by atoms with van der Waals surface area (Å²) >= 11 is 0. The summed E-state index contributed by atoms with van der Waals surface area (Å²) in [6, 6.07) is 15.7. The highest BCUT2D eigenvalue weighted by atomic mass is 32.2. The number of carbonyl (C=O) groups is 1. The van der Waals surface area contributed by atoms with Crippen molar-refractivity contribution in [3.05, 3.63) is 72.6 Å². The van der Waals surface area contributed by atoms with E-state index in [4.69, 9.17) is 0 Å². The molecule has 0 saturated heterocycles. The first kappa shape index (κ1) is 17.7. The van der Waals surface area contributed by atoms with E-state index in [-0.39, 0.29) is 10.8 Å². The lowest BCUT2D eigenvalue weighted by Crippen LogP contribution is -2.13. The molecule has 0 bridgehead atoms. The lowest BCUT2D eigenvalue weighted by Gasteiger charge is -2.07. The summed E-state index contributed by atoms with van der Waals surface area (Å²) in [5.74, 6) is -0.218. The normalized spacial score (nSPS) is 11.1. The van der Waals surface area contributed by atoms with Crippen LogP contribution in [0.4, 0.5) is 11.4 Å². The standard InChI is InChI=1S/C18H18N4O3S/c1-14(23)20-16-7-9-18(10-8-16)26(24,25)21-17-11-19-22(13-17)12-15-5-3-2-4-6-15/h2-11,13,21H,12H2,1H3,(H,20,23). The van der Waals surface area contributed by atoms with Crippen molar-refractivity contribution in [2.24, 2.45) is 0 Å². The van der Waals surface area contributed by atoms with E-state index in [2.05, 4.69) is 15.1 Å². The molecule has 26 heavy (non-hydrogen) atoms. The number of nitrogens with one attached hydrogen (secondary N) is 2. The Morgan fingerprint density at radius 2 is 1.73 bits per heavy atom. The molecule has 7 nitrogen and oxygen atoms in total. The third-order valence-corrected chi connectivity index (χ3v) is 4.96. The second kappa shape index (κ2) is 7.40. The Morgan fingerprint density at radius 1 is 1.04 bits per heavy atom. The number of rotatable bonds is 6. The molecule has 3 rings (SSSR count). The maximum Gasteiger partial charge on any atom is 0.261 e. The van der Waals surface area contributed by atoms with Crippen LogP contribution in [0, 0.1) is 0 Å². The van der Waals surface area contributed by atoms with E-state index in [9.17, 15) is 13.2 Å². The van der Waals surface area contributed by atoms with Gasteiger partial charge in [0.1, 0.15) is 0 Å². The fourth-order valence-electron chi connectivity index (χ4n) is 2.41. The molecular weight excluding hydrogens is 352 g/mol. The third-order valence-electron chi connectivity index (χ3n) is 3.56. The van der Waals surface area contributed by atoms with Crippen molar-refractivity contribution in [1.29, 1.82) is 0 Å². The van der Waals surface area contributed by atoms with Crippen LogP contribution in [0.5, 0.6) is 0 Å². The van der Waals surface area contributed by atoms with Gasteiger partial charge in [-0.1, -0.05) is 30.3 Å². The summed E-state index contributed by atoms with van der Waals surface area (Å²) in [7, 11) is -3.73. The van der Waals surface area contributed by atoms with E-state index in [0.29, 0.717) is 17.9 Å².